The van der Waals surface area contributed by atoms with Gasteiger partial charge in [-0.15, -0.1) is 0 Å². The molecule has 0 spiro atoms. The zero-order valence-corrected chi connectivity index (χ0v) is 18.0. The van der Waals surface area contributed by atoms with Gasteiger partial charge >= 0.3 is 5.97 Å². The van der Waals surface area contributed by atoms with Crippen molar-refractivity contribution >= 4 is 29.3 Å². The normalized spacial score (nSPS) is 10.5. The minimum absolute atomic E-state index is 0.363. The second-order valence-corrected chi connectivity index (χ2v) is 8.05. The minimum Gasteiger partial charge on any atom is -0.452 e. The molecular formula is C25H21N3O3S. The first-order chi connectivity index (χ1) is 15.7. The highest BCUT2D eigenvalue weighted by Gasteiger charge is 2.12. The number of amides is 1. The Hall–Kier alpha value is -3.84. The van der Waals surface area contributed by atoms with Gasteiger partial charge in [-0.25, -0.2) is 4.79 Å². The monoisotopic (exact) mass is 443 g/mol. The number of para-hydroxylation sites is 1. The van der Waals surface area contributed by atoms with Crippen LogP contribution in [0.2, 0.25) is 0 Å². The number of carbonyl (C=O) groups excluding carboxylic acids is 2. The molecule has 7 heteroatoms. The van der Waals surface area contributed by atoms with Crippen molar-refractivity contribution in [2.45, 2.75) is 16.3 Å². The lowest BCUT2D eigenvalue weighted by atomic mass is 10.1. The summed E-state index contributed by atoms with van der Waals surface area (Å²) < 4.78 is 6.99. The van der Waals surface area contributed by atoms with E-state index >= 15 is 0 Å². The topological polar surface area (TPSA) is 73.2 Å². The number of nitrogens with one attached hydrogen (secondary N) is 1. The van der Waals surface area contributed by atoms with Gasteiger partial charge in [0.05, 0.1) is 17.8 Å². The number of hydrogen-bond acceptors (Lipinski definition) is 5. The Labute approximate surface area is 190 Å². The summed E-state index contributed by atoms with van der Waals surface area (Å²) in [6, 6.07) is 26.3. The Morgan fingerprint density at radius 3 is 2.41 bits per heavy atom. The number of benzene rings is 3. The van der Waals surface area contributed by atoms with Crippen LogP contribution < -0.4 is 5.32 Å². The molecule has 0 saturated heterocycles. The summed E-state index contributed by atoms with van der Waals surface area (Å²) in [5, 5.41) is 6.99. The minimum atomic E-state index is -0.544. The average Bonchev–Trinajstić information content (AvgIpc) is 3.33. The molecule has 3 aromatic carbocycles. The molecule has 1 heterocycles. The number of carbonyl (C=O) groups is 2. The molecule has 32 heavy (non-hydrogen) atoms. The first-order valence-corrected chi connectivity index (χ1v) is 10.8. The lowest BCUT2D eigenvalue weighted by molar-refractivity contribution is -0.119. The highest BCUT2D eigenvalue weighted by atomic mass is 32.2. The van der Waals surface area contributed by atoms with Crippen LogP contribution in [0.1, 0.15) is 15.9 Å². The van der Waals surface area contributed by atoms with Gasteiger partial charge in [0.15, 0.2) is 6.61 Å². The van der Waals surface area contributed by atoms with E-state index in [4.69, 9.17) is 4.74 Å². The van der Waals surface area contributed by atoms with E-state index < -0.39 is 11.9 Å². The maximum Gasteiger partial charge on any atom is 0.338 e. The zero-order chi connectivity index (χ0) is 22.2. The van der Waals surface area contributed by atoms with E-state index in [0.29, 0.717) is 17.8 Å². The van der Waals surface area contributed by atoms with Gasteiger partial charge < -0.3 is 10.1 Å². The summed E-state index contributed by atoms with van der Waals surface area (Å²) in [6.45, 7) is 0.253. The maximum atomic E-state index is 12.4. The van der Waals surface area contributed by atoms with E-state index in [1.165, 1.54) is 0 Å². The molecule has 1 amide bonds. The van der Waals surface area contributed by atoms with Crippen molar-refractivity contribution in [3.8, 4) is 0 Å². The van der Waals surface area contributed by atoms with Gasteiger partial charge in [-0.05, 0) is 48.0 Å². The molecular weight excluding hydrogens is 422 g/mol. The highest BCUT2D eigenvalue weighted by Crippen LogP contribution is 2.33. The summed E-state index contributed by atoms with van der Waals surface area (Å²) in [7, 11) is 0. The van der Waals surface area contributed by atoms with Crippen molar-refractivity contribution in [3.05, 3.63) is 108 Å². The first kappa shape index (κ1) is 21.4. The van der Waals surface area contributed by atoms with Crippen LogP contribution >= 0.6 is 11.8 Å². The van der Waals surface area contributed by atoms with Gasteiger partial charge in [-0.1, -0.05) is 54.2 Å². The van der Waals surface area contributed by atoms with E-state index in [1.54, 1.807) is 34.8 Å². The standard InChI is InChI=1S/C25H21N3O3S/c29-24(27-22-9-4-5-10-23(22)32-21-7-2-1-3-8-21)18-31-25(30)20-13-11-19(12-14-20)17-28-16-6-15-26-28/h1-16H,17-18H2,(H,27,29). The van der Waals surface area contributed by atoms with E-state index in [0.717, 1.165) is 15.4 Å². The molecule has 0 radical (unpaired) electrons. The Kier molecular flexibility index (Phi) is 6.99. The molecule has 0 aliphatic rings. The third-order valence-corrected chi connectivity index (χ3v) is 5.64. The highest BCUT2D eigenvalue weighted by molar-refractivity contribution is 7.99. The van der Waals surface area contributed by atoms with Crippen LogP contribution in [0.5, 0.6) is 0 Å². The van der Waals surface area contributed by atoms with Crippen LogP contribution in [-0.4, -0.2) is 28.3 Å². The number of esters is 1. The molecule has 1 aromatic heterocycles. The summed E-state index contributed by atoms with van der Waals surface area (Å²) in [5.41, 5.74) is 2.07. The van der Waals surface area contributed by atoms with Crippen LogP contribution in [0.25, 0.3) is 0 Å². The average molecular weight is 444 g/mol. The van der Waals surface area contributed by atoms with Crippen LogP contribution in [0.4, 0.5) is 5.69 Å². The fraction of sp³-hybridized carbons (Fsp3) is 0.0800. The molecule has 0 saturated carbocycles. The van der Waals surface area contributed by atoms with Crippen LogP contribution in [0, 0.1) is 0 Å². The molecule has 0 bridgehead atoms. The molecule has 0 aliphatic carbocycles. The van der Waals surface area contributed by atoms with Crippen LogP contribution in [-0.2, 0) is 16.1 Å². The molecule has 4 aromatic rings. The number of anilines is 1. The lowest BCUT2D eigenvalue weighted by Crippen LogP contribution is -2.21. The van der Waals surface area contributed by atoms with E-state index in [1.807, 2.05) is 79.0 Å². The van der Waals surface area contributed by atoms with Crippen molar-refractivity contribution in [1.82, 2.24) is 9.78 Å². The van der Waals surface area contributed by atoms with E-state index in [2.05, 4.69) is 10.4 Å². The second kappa shape index (κ2) is 10.5. The van der Waals surface area contributed by atoms with Crippen molar-refractivity contribution in [1.29, 1.82) is 0 Å². The Morgan fingerprint density at radius 1 is 0.906 bits per heavy atom. The smallest absolute Gasteiger partial charge is 0.338 e. The van der Waals surface area contributed by atoms with E-state index in [9.17, 15) is 9.59 Å². The van der Waals surface area contributed by atoms with Gasteiger partial charge in [-0.2, -0.15) is 5.10 Å². The summed E-state index contributed by atoms with van der Waals surface area (Å²) in [6.07, 6.45) is 3.59. The molecule has 0 aliphatic heterocycles. The summed E-state index contributed by atoms with van der Waals surface area (Å²) in [4.78, 5) is 26.7. The summed E-state index contributed by atoms with van der Waals surface area (Å²) in [5.74, 6) is -0.938. The van der Waals surface area contributed by atoms with Gasteiger partial charge in [0.2, 0.25) is 0 Å². The molecule has 6 nitrogen and oxygen atoms in total. The number of hydrogen-bond donors (Lipinski definition) is 1. The van der Waals surface area contributed by atoms with E-state index in [-0.39, 0.29) is 6.61 Å². The molecule has 0 atom stereocenters. The predicted octanol–water partition coefficient (Wildman–Crippen LogP) is 4.88. The van der Waals surface area contributed by atoms with Crippen molar-refractivity contribution < 1.29 is 14.3 Å². The molecule has 0 unspecified atom stereocenters. The second-order valence-electron chi connectivity index (χ2n) is 6.94. The van der Waals surface area contributed by atoms with Gasteiger partial charge in [0.25, 0.3) is 5.91 Å². The van der Waals surface area contributed by atoms with Crippen LogP contribution in [0.3, 0.4) is 0 Å². The number of ether oxygens (including phenoxy) is 1. The van der Waals surface area contributed by atoms with Crippen LogP contribution in [0.15, 0.2) is 107 Å². The Bertz CT molecular complexity index is 1180. The fourth-order valence-corrected chi connectivity index (χ4v) is 3.93. The molecule has 160 valence electrons. The first-order valence-electron chi connectivity index (χ1n) is 10.0. The predicted molar refractivity (Wildman–Crippen MR) is 124 cm³/mol. The number of nitrogens with zero attached hydrogens (tertiary/aromatic N) is 2. The zero-order valence-electron chi connectivity index (χ0n) is 17.2. The number of rotatable bonds is 8. The maximum absolute atomic E-state index is 12.4. The van der Waals surface area contributed by atoms with Crippen molar-refractivity contribution in [3.63, 3.8) is 0 Å². The Morgan fingerprint density at radius 2 is 1.66 bits per heavy atom. The molecule has 0 fully saturated rings. The van der Waals surface area contributed by atoms with Crippen molar-refractivity contribution in [2.24, 2.45) is 0 Å². The Balaban J connectivity index is 1.31. The SMILES string of the molecule is O=C(COC(=O)c1ccc(Cn2cccn2)cc1)Nc1ccccc1Sc1ccccc1. The third-order valence-electron chi connectivity index (χ3n) is 4.56. The van der Waals surface area contributed by atoms with Gasteiger partial charge in [-0.3, -0.25) is 9.48 Å². The fourth-order valence-electron chi connectivity index (χ4n) is 3.00. The molecule has 1 N–H and O–H groups in total. The lowest BCUT2D eigenvalue weighted by Gasteiger charge is -2.11. The quantitative estimate of drug-likeness (QED) is 0.393. The van der Waals surface area contributed by atoms with Crippen molar-refractivity contribution in [2.75, 3.05) is 11.9 Å². The number of aromatic nitrogens is 2. The largest absolute Gasteiger partial charge is 0.452 e. The van der Waals surface area contributed by atoms with Gasteiger partial charge in [0, 0.05) is 22.2 Å². The summed E-state index contributed by atoms with van der Waals surface area (Å²) >= 11 is 1.55. The molecule has 4 rings (SSSR count). The third kappa shape index (κ3) is 5.86. The van der Waals surface area contributed by atoms with Gasteiger partial charge in [0.1, 0.15) is 0 Å².